The van der Waals surface area contributed by atoms with E-state index in [1.165, 1.54) is 0 Å². The van der Waals surface area contributed by atoms with Crippen LogP contribution in [-0.4, -0.2) is 9.39 Å². The maximum atomic E-state index is 12.9. The second-order valence-electron chi connectivity index (χ2n) is 2.67. The van der Waals surface area contributed by atoms with Crippen molar-refractivity contribution in [3.05, 3.63) is 35.9 Å². The summed E-state index contributed by atoms with van der Waals surface area (Å²) >= 11 is 5.11. The van der Waals surface area contributed by atoms with Gasteiger partial charge in [0.05, 0.1) is 0 Å². The Labute approximate surface area is 98.1 Å². The fraction of sp³-hybridized carbons (Fsp3) is 0.222. The molecule has 0 aliphatic heterocycles. The quantitative estimate of drug-likeness (QED) is 0.851. The number of carbonyl (C=O) groups excluding carboxylic acids is 1. The first-order valence-corrected chi connectivity index (χ1v) is 5.47. The lowest BCUT2D eigenvalue weighted by atomic mass is 10.2. The van der Waals surface area contributed by atoms with Gasteiger partial charge in [-0.3, -0.25) is 4.79 Å². The third-order valence-corrected chi connectivity index (χ3v) is 2.27. The molecule has 1 aromatic carbocycles. The summed E-state index contributed by atoms with van der Waals surface area (Å²) in [5.74, 6) is -0.749. The maximum absolute atomic E-state index is 12.9. The molecule has 0 saturated heterocycles. The van der Waals surface area contributed by atoms with Crippen LogP contribution < -0.4 is 5.32 Å². The summed E-state index contributed by atoms with van der Waals surface area (Å²) in [6.45, 7) is 0.308. The number of benzene rings is 1. The van der Waals surface area contributed by atoms with Gasteiger partial charge >= 0.3 is 0 Å². The van der Waals surface area contributed by atoms with E-state index in [1.807, 2.05) is 30.3 Å². The van der Waals surface area contributed by atoms with Crippen LogP contribution in [-0.2, 0) is 11.3 Å². The van der Waals surface area contributed by atoms with E-state index in [4.69, 9.17) is 0 Å². The van der Waals surface area contributed by atoms with Crippen LogP contribution in [0, 0.1) is 0 Å². The van der Waals surface area contributed by atoms with Crippen LogP contribution in [0.5, 0.6) is 0 Å². The molecular weight excluding hydrogens is 317 g/mol. The van der Waals surface area contributed by atoms with E-state index < -0.39 is 9.39 Å². The normalized spacial score (nSPS) is 11.1. The average Bonchev–Trinajstić information content (AvgIpc) is 2.14. The first-order chi connectivity index (χ1) is 6.50. The van der Waals surface area contributed by atoms with E-state index in [2.05, 4.69) is 37.2 Å². The van der Waals surface area contributed by atoms with Gasteiger partial charge in [-0.2, -0.15) is 0 Å². The van der Waals surface area contributed by atoms with Crippen molar-refractivity contribution in [3.8, 4) is 0 Å². The van der Waals surface area contributed by atoms with E-state index in [1.54, 1.807) is 0 Å². The van der Waals surface area contributed by atoms with Crippen molar-refractivity contribution < 1.29 is 9.18 Å². The molecule has 0 aliphatic rings. The van der Waals surface area contributed by atoms with Gasteiger partial charge in [-0.25, -0.2) is 4.39 Å². The van der Waals surface area contributed by atoms with Crippen molar-refractivity contribution in [2.75, 3.05) is 0 Å². The van der Waals surface area contributed by atoms with Crippen molar-refractivity contribution in [1.29, 1.82) is 0 Å². The van der Waals surface area contributed by atoms with E-state index in [9.17, 15) is 9.18 Å². The van der Waals surface area contributed by atoms with Gasteiger partial charge in [0.2, 0.25) is 0 Å². The van der Waals surface area contributed by atoms with E-state index in [-0.39, 0.29) is 0 Å². The summed E-state index contributed by atoms with van der Waals surface area (Å²) in [7, 11) is 0. The number of halogens is 3. The molecule has 0 aromatic heterocycles. The van der Waals surface area contributed by atoms with Crippen LogP contribution >= 0.6 is 31.9 Å². The average molecular weight is 325 g/mol. The minimum Gasteiger partial charge on any atom is -0.348 e. The fourth-order valence-electron chi connectivity index (χ4n) is 0.878. The maximum Gasteiger partial charge on any atom is 0.295 e. The van der Waals surface area contributed by atoms with E-state index >= 15 is 0 Å². The van der Waals surface area contributed by atoms with Crippen LogP contribution in [0.4, 0.5) is 4.39 Å². The van der Waals surface area contributed by atoms with Gasteiger partial charge < -0.3 is 5.32 Å². The third kappa shape index (κ3) is 3.75. The van der Waals surface area contributed by atoms with Crippen molar-refractivity contribution >= 4 is 37.8 Å². The zero-order valence-corrected chi connectivity index (χ0v) is 10.3. The highest BCUT2D eigenvalue weighted by atomic mass is 79.9. The summed E-state index contributed by atoms with van der Waals surface area (Å²) in [4.78, 5) is 11.1. The standard InChI is InChI=1S/C9H8Br2FNO/c10-9(11,12)8(14)13-6-7-4-2-1-3-5-7/h1-5H,6H2,(H,13,14). The fourth-order valence-corrected chi connectivity index (χ4v) is 1.16. The smallest absolute Gasteiger partial charge is 0.295 e. The molecule has 1 rings (SSSR count). The number of rotatable bonds is 3. The topological polar surface area (TPSA) is 29.1 Å². The van der Waals surface area contributed by atoms with Crippen molar-refractivity contribution in [3.63, 3.8) is 0 Å². The molecule has 0 bridgehead atoms. The molecule has 2 nitrogen and oxygen atoms in total. The highest BCUT2D eigenvalue weighted by molar-refractivity contribution is 9.25. The molecule has 0 heterocycles. The molecule has 0 fully saturated rings. The summed E-state index contributed by atoms with van der Waals surface area (Å²) < 4.78 is 10.7. The van der Waals surface area contributed by atoms with Crippen molar-refractivity contribution in [2.45, 2.75) is 10.0 Å². The Balaban J connectivity index is 2.46. The lowest BCUT2D eigenvalue weighted by Gasteiger charge is -2.10. The van der Waals surface area contributed by atoms with Crippen LogP contribution in [0.15, 0.2) is 30.3 Å². The van der Waals surface area contributed by atoms with Gasteiger partial charge in [-0.15, -0.1) is 0 Å². The second kappa shape index (κ2) is 4.89. The Kier molecular flexibility index (Phi) is 4.07. The number of carbonyl (C=O) groups is 1. The van der Waals surface area contributed by atoms with Crippen molar-refractivity contribution in [1.82, 2.24) is 5.32 Å². The zero-order chi connectivity index (χ0) is 10.6. The van der Waals surface area contributed by atoms with Gasteiger partial charge in [0.15, 0.2) is 0 Å². The molecule has 0 radical (unpaired) electrons. The number of hydrogen-bond donors (Lipinski definition) is 1. The van der Waals surface area contributed by atoms with Crippen molar-refractivity contribution in [2.24, 2.45) is 0 Å². The highest BCUT2D eigenvalue weighted by Crippen LogP contribution is 2.27. The molecule has 1 amide bonds. The van der Waals surface area contributed by atoms with Gasteiger partial charge in [0.25, 0.3) is 9.39 Å². The predicted molar refractivity (Wildman–Crippen MR) is 60.0 cm³/mol. The van der Waals surface area contributed by atoms with Gasteiger partial charge in [-0.05, 0) is 37.4 Å². The molecular formula is C9H8Br2FNO. The molecule has 5 heteroatoms. The third-order valence-electron chi connectivity index (χ3n) is 1.55. The van der Waals surface area contributed by atoms with Gasteiger partial charge in [-0.1, -0.05) is 30.3 Å². The lowest BCUT2D eigenvalue weighted by Crippen LogP contribution is -2.33. The van der Waals surface area contributed by atoms with E-state index in [0.717, 1.165) is 5.56 Å². The largest absolute Gasteiger partial charge is 0.348 e. The molecule has 76 valence electrons. The molecule has 0 spiro atoms. The highest BCUT2D eigenvalue weighted by Gasteiger charge is 2.31. The molecule has 14 heavy (non-hydrogen) atoms. The molecule has 0 aliphatic carbocycles. The number of nitrogens with one attached hydrogen (secondary N) is 1. The Morgan fingerprint density at radius 2 is 1.93 bits per heavy atom. The van der Waals surface area contributed by atoms with Crippen LogP contribution in [0.25, 0.3) is 0 Å². The first-order valence-electron chi connectivity index (χ1n) is 3.89. The SMILES string of the molecule is O=C(NCc1ccccc1)C(F)(Br)Br. The minimum atomic E-state index is -2.19. The van der Waals surface area contributed by atoms with Crippen LogP contribution in [0.2, 0.25) is 0 Å². The number of hydrogen-bond acceptors (Lipinski definition) is 1. The summed E-state index contributed by atoms with van der Waals surface area (Å²) in [5, 5.41) is 2.43. The summed E-state index contributed by atoms with van der Waals surface area (Å²) in [6.07, 6.45) is 0. The lowest BCUT2D eigenvalue weighted by molar-refractivity contribution is -0.123. The van der Waals surface area contributed by atoms with Gasteiger partial charge in [0, 0.05) is 6.54 Å². The van der Waals surface area contributed by atoms with Gasteiger partial charge in [0.1, 0.15) is 0 Å². The monoisotopic (exact) mass is 323 g/mol. The summed E-state index contributed by atoms with van der Waals surface area (Å²) in [5.41, 5.74) is 0.921. The zero-order valence-electron chi connectivity index (χ0n) is 7.14. The molecule has 0 saturated carbocycles. The van der Waals surface area contributed by atoms with Crippen LogP contribution in [0.1, 0.15) is 5.56 Å². The number of amides is 1. The Hall–Kier alpha value is -0.420. The Bertz CT molecular complexity index is 310. The van der Waals surface area contributed by atoms with E-state index in [0.29, 0.717) is 6.54 Å². The number of alkyl halides is 3. The molecule has 0 atom stereocenters. The predicted octanol–water partition coefficient (Wildman–Crippen LogP) is 2.72. The minimum absolute atomic E-state index is 0.308. The molecule has 0 unspecified atom stereocenters. The Morgan fingerprint density at radius 3 is 2.43 bits per heavy atom. The molecule has 1 N–H and O–H groups in total. The first kappa shape index (κ1) is 11.7. The second-order valence-corrected chi connectivity index (χ2v) is 5.92. The molecule has 1 aromatic rings. The van der Waals surface area contributed by atoms with Crippen LogP contribution in [0.3, 0.4) is 0 Å². The Morgan fingerprint density at radius 1 is 1.36 bits per heavy atom. The summed E-state index contributed by atoms with van der Waals surface area (Å²) in [6, 6.07) is 9.28.